The molecule has 1 aromatic carbocycles. The summed E-state index contributed by atoms with van der Waals surface area (Å²) in [6, 6.07) is 7.57. The summed E-state index contributed by atoms with van der Waals surface area (Å²) < 4.78 is 16.6. The SMILES string of the molecule is COC(=O)[C@H]1CCC(C)=C[C@@H]1B1Oc2ccccc2O1. The summed E-state index contributed by atoms with van der Waals surface area (Å²) in [4.78, 5) is 12.0. The van der Waals surface area contributed by atoms with E-state index in [-0.39, 0.29) is 17.7 Å². The molecule has 5 heteroatoms. The van der Waals surface area contributed by atoms with E-state index in [1.54, 1.807) is 0 Å². The Hall–Kier alpha value is -1.91. The van der Waals surface area contributed by atoms with Gasteiger partial charge < -0.3 is 14.0 Å². The number of allylic oxidation sites excluding steroid dienone is 2. The molecule has 1 aliphatic heterocycles. The molecule has 0 spiro atoms. The second kappa shape index (κ2) is 5.23. The highest BCUT2D eigenvalue weighted by molar-refractivity contribution is 6.50. The van der Waals surface area contributed by atoms with Crippen molar-refractivity contribution in [3.05, 3.63) is 35.9 Å². The number of methoxy groups -OCH3 is 1. The number of esters is 1. The second-order valence-corrected chi connectivity index (χ2v) is 5.31. The van der Waals surface area contributed by atoms with Crippen molar-refractivity contribution >= 4 is 13.1 Å². The van der Waals surface area contributed by atoms with Crippen LogP contribution in [0.25, 0.3) is 0 Å². The fourth-order valence-corrected chi connectivity index (χ4v) is 2.87. The number of benzene rings is 1. The van der Waals surface area contributed by atoms with Crippen molar-refractivity contribution in [2.24, 2.45) is 5.92 Å². The molecular weight excluding hydrogens is 255 g/mol. The number of carbonyl (C=O) groups is 1. The van der Waals surface area contributed by atoms with Gasteiger partial charge in [-0.1, -0.05) is 23.8 Å². The Bertz CT molecular complexity index is 530. The van der Waals surface area contributed by atoms with E-state index in [1.165, 1.54) is 12.7 Å². The zero-order valence-corrected chi connectivity index (χ0v) is 11.7. The molecular formula is C15H17BO4. The average Bonchev–Trinajstić information content (AvgIpc) is 2.90. The minimum atomic E-state index is -0.452. The molecule has 0 amide bonds. The van der Waals surface area contributed by atoms with Gasteiger partial charge in [0.15, 0.2) is 0 Å². The van der Waals surface area contributed by atoms with Gasteiger partial charge in [-0.2, -0.15) is 0 Å². The number of ether oxygens (including phenoxy) is 1. The predicted octanol–water partition coefficient (Wildman–Crippen LogP) is 2.85. The molecule has 1 aliphatic carbocycles. The molecule has 0 unspecified atom stereocenters. The zero-order valence-electron chi connectivity index (χ0n) is 11.7. The van der Waals surface area contributed by atoms with Crippen LogP contribution < -0.4 is 9.31 Å². The summed E-state index contributed by atoms with van der Waals surface area (Å²) in [6.07, 6.45) is 3.77. The first kappa shape index (κ1) is 13.1. The van der Waals surface area contributed by atoms with Crippen LogP contribution in [0.15, 0.2) is 35.9 Å². The van der Waals surface area contributed by atoms with E-state index in [9.17, 15) is 4.79 Å². The van der Waals surface area contributed by atoms with Crippen LogP contribution in [-0.2, 0) is 9.53 Å². The van der Waals surface area contributed by atoms with E-state index in [0.29, 0.717) is 0 Å². The van der Waals surface area contributed by atoms with Gasteiger partial charge in [-0.05, 0) is 31.9 Å². The number of hydrogen-bond acceptors (Lipinski definition) is 4. The standard InChI is InChI=1S/C15H17BO4/c1-10-7-8-11(15(17)18-2)12(9-10)16-19-13-5-3-4-6-14(13)20-16/h3-6,9,11-12H,7-8H2,1-2H3/t11-,12-/m0/s1. The van der Waals surface area contributed by atoms with E-state index in [0.717, 1.165) is 24.3 Å². The number of fused-ring (bicyclic) bond motifs is 1. The summed E-state index contributed by atoms with van der Waals surface area (Å²) in [5, 5.41) is 0. The van der Waals surface area contributed by atoms with Crippen molar-refractivity contribution in [1.29, 1.82) is 0 Å². The van der Waals surface area contributed by atoms with Crippen molar-refractivity contribution in [2.75, 3.05) is 7.11 Å². The Morgan fingerprint density at radius 3 is 2.55 bits per heavy atom. The third kappa shape index (κ3) is 2.28. The monoisotopic (exact) mass is 272 g/mol. The van der Waals surface area contributed by atoms with Crippen molar-refractivity contribution in [3.8, 4) is 11.5 Å². The van der Waals surface area contributed by atoms with Gasteiger partial charge in [-0.25, -0.2) is 0 Å². The smallest absolute Gasteiger partial charge is 0.523 e. The van der Waals surface area contributed by atoms with Gasteiger partial charge in [0.2, 0.25) is 0 Å². The van der Waals surface area contributed by atoms with Crippen LogP contribution in [0.4, 0.5) is 0 Å². The normalized spacial score (nSPS) is 24.3. The summed E-state index contributed by atoms with van der Waals surface area (Å²) in [6.45, 7) is 2.07. The third-order valence-corrected chi connectivity index (χ3v) is 3.94. The van der Waals surface area contributed by atoms with Crippen molar-refractivity contribution in [2.45, 2.75) is 25.6 Å². The number of rotatable bonds is 2. The molecule has 104 valence electrons. The highest BCUT2D eigenvalue weighted by atomic mass is 16.6. The van der Waals surface area contributed by atoms with Gasteiger partial charge in [0.05, 0.1) is 18.8 Å². The average molecular weight is 272 g/mol. The Balaban J connectivity index is 1.84. The molecule has 0 N–H and O–H groups in total. The van der Waals surface area contributed by atoms with Gasteiger partial charge in [0.1, 0.15) is 11.5 Å². The first-order valence-corrected chi connectivity index (χ1v) is 6.86. The fourth-order valence-electron chi connectivity index (χ4n) is 2.87. The molecule has 3 rings (SSSR count). The minimum absolute atomic E-state index is 0.108. The molecule has 4 nitrogen and oxygen atoms in total. The fraction of sp³-hybridized carbons (Fsp3) is 0.400. The summed E-state index contributed by atoms with van der Waals surface area (Å²) in [7, 11) is 0.974. The Labute approximate surface area is 118 Å². The number of hydrogen-bond donors (Lipinski definition) is 0. The largest absolute Gasteiger partial charge is 0.603 e. The Morgan fingerprint density at radius 1 is 1.30 bits per heavy atom. The summed E-state index contributed by atoms with van der Waals surface area (Å²) in [5.41, 5.74) is 1.26. The first-order chi connectivity index (χ1) is 9.69. The van der Waals surface area contributed by atoms with Crippen LogP contribution in [0.1, 0.15) is 19.8 Å². The predicted molar refractivity (Wildman–Crippen MR) is 75.7 cm³/mol. The van der Waals surface area contributed by atoms with Gasteiger partial charge in [0.25, 0.3) is 0 Å². The van der Waals surface area contributed by atoms with Gasteiger partial charge in [0, 0.05) is 0 Å². The topological polar surface area (TPSA) is 44.8 Å². The maximum atomic E-state index is 12.0. The lowest BCUT2D eigenvalue weighted by Crippen LogP contribution is -2.39. The molecule has 0 bridgehead atoms. The van der Waals surface area contributed by atoms with E-state index in [1.807, 2.05) is 24.3 Å². The molecule has 2 aliphatic rings. The third-order valence-electron chi connectivity index (χ3n) is 3.94. The highest BCUT2D eigenvalue weighted by Gasteiger charge is 2.47. The van der Waals surface area contributed by atoms with Gasteiger partial charge in [-0.3, -0.25) is 4.79 Å². The van der Waals surface area contributed by atoms with E-state index < -0.39 is 7.12 Å². The summed E-state index contributed by atoms with van der Waals surface area (Å²) >= 11 is 0. The van der Waals surface area contributed by atoms with Gasteiger partial charge >= 0.3 is 13.1 Å². The lowest BCUT2D eigenvalue weighted by molar-refractivity contribution is -0.145. The van der Waals surface area contributed by atoms with Crippen LogP contribution in [0, 0.1) is 5.92 Å². The van der Waals surface area contributed by atoms with Crippen LogP contribution in [0.5, 0.6) is 11.5 Å². The molecule has 1 heterocycles. The lowest BCUT2D eigenvalue weighted by Gasteiger charge is -2.27. The molecule has 0 saturated carbocycles. The number of para-hydroxylation sites is 2. The molecule has 20 heavy (non-hydrogen) atoms. The minimum Gasteiger partial charge on any atom is -0.523 e. The van der Waals surface area contributed by atoms with Crippen molar-refractivity contribution < 1.29 is 18.8 Å². The van der Waals surface area contributed by atoms with Crippen molar-refractivity contribution in [3.63, 3.8) is 0 Å². The first-order valence-electron chi connectivity index (χ1n) is 6.86. The van der Waals surface area contributed by atoms with E-state index in [2.05, 4.69) is 13.0 Å². The molecule has 2 atom stereocenters. The Kier molecular flexibility index (Phi) is 3.43. The zero-order chi connectivity index (χ0) is 14.1. The van der Waals surface area contributed by atoms with Gasteiger partial charge in [-0.15, -0.1) is 0 Å². The molecule has 1 aromatic rings. The van der Waals surface area contributed by atoms with E-state index in [4.69, 9.17) is 14.0 Å². The van der Waals surface area contributed by atoms with E-state index >= 15 is 0 Å². The highest BCUT2D eigenvalue weighted by Crippen LogP contribution is 2.42. The lowest BCUT2D eigenvalue weighted by atomic mass is 9.61. The maximum Gasteiger partial charge on any atom is 0.603 e. The Morgan fingerprint density at radius 2 is 1.95 bits per heavy atom. The maximum absolute atomic E-state index is 12.0. The molecule has 0 radical (unpaired) electrons. The number of carbonyl (C=O) groups excluding carboxylic acids is 1. The summed E-state index contributed by atoms with van der Waals surface area (Å²) in [5.74, 6) is 0.962. The second-order valence-electron chi connectivity index (χ2n) is 5.31. The van der Waals surface area contributed by atoms with Crippen LogP contribution >= 0.6 is 0 Å². The van der Waals surface area contributed by atoms with Crippen molar-refractivity contribution in [1.82, 2.24) is 0 Å². The quantitative estimate of drug-likeness (QED) is 0.471. The molecule has 0 aromatic heterocycles. The van der Waals surface area contributed by atoms with Crippen LogP contribution in [0.3, 0.4) is 0 Å². The van der Waals surface area contributed by atoms with Crippen LogP contribution in [-0.4, -0.2) is 20.2 Å². The van der Waals surface area contributed by atoms with Crippen LogP contribution in [0.2, 0.25) is 5.82 Å². The molecule has 0 saturated heterocycles. The molecule has 0 fully saturated rings.